The topological polar surface area (TPSA) is 89.5 Å². The van der Waals surface area contributed by atoms with Crippen molar-refractivity contribution >= 4 is 52.9 Å². The van der Waals surface area contributed by atoms with Crippen LogP contribution in [-0.2, 0) is 36.3 Å². The summed E-state index contributed by atoms with van der Waals surface area (Å²) in [6, 6.07) is 0. The second kappa shape index (κ2) is 21.7. The minimum atomic E-state index is -3.65. The Morgan fingerprint density at radius 2 is 0.857 bits per heavy atom. The lowest BCUT2D eigenvalue weighted by Crippen LogP contribution is -2.02. The summed E-state index contributed by atoms with van der Waals surface area (Å²) in [6.07, 6.45) is 0. The molecule has 0 radical (unpaired) electrons. The van der Waals surface area contributed by atoms with Gasteiger partial charge in [0.1, 0.15) is 0 Å². The van der Waals surface area contributed by atoms with Crippen molar-refractivity contribution in [2.45, 2.75) is 29.7 Å². The molecule has 0 saturated carbocycles. The average molecular weight is 582 g/mol. The summed E-state index contributed by atoms with van der Waals surface area (Å²) in [5, 5.41) is 0. The summed E-state index contributed by atoms with van der Waals surface area (Å²) in [5.74, 6) is 0. The molecule has 0 aliphatic heterocycles. The van der Waals surface area contributed by atoms with Crippen molar-refractivity contribution in [1.82, 2.24) is 0 Å². The van der Waals surface area contributed by atoms with Crippen molar-refractivity contribution in [1.29, 1.82) is 0 Å². The van der Waals surface area contributed by atoms with Crippen molar-refractivity contribution in [3.63, 3.8) is 0 Å². The van der Waals surface area contributed by atoms with E-state index < -0.39 is 22.4 Å². The monoisotopic (exact) mass is 582 g/mol. The fraction of sp³-hybridized carbons (Fsp3) is 1.00. The molecule has 0 aromatic heterocycles. The number of halogens is 2. The van der Waals surface area contributed by atoms with E-state index in [4.69, 9.17) is 0 Å². The molecule has 0 aliphatic carbocycles. The molecule has 0 atom stereocenters. The summed E-state index contributed by atoms with van der Waals surface area (Å²) in [6.45, 7) is -0.613. The van der Waals surface area contributed by atoms with E-state index in [2.05, 4.69) is 64.4 Å². The highest BCUT2D eigenvalue weighted by Gasteiger charge is 2.27. The Morgan fingerprint density at radius 1 is 0.667 bits per heavy atom. The molecule has 0 unspecified atom stereocenters. The maximum Gasteiger partial charge on any atom is 0.476 e. The molecular formula is C9H30I2O8P2. The smallest absolute Gasteiger partial charge is 0.290 e. The Balaban J connectivity index is -0.0000000895. The van der Waals surface area contributed by atoms with Gasteiger partial charge in [-0.25, -0.2) is 9.13 Å². The van der Waals surface area contributed by atoms with Crippen LogP contribution < -0.4 is 0 Å². The third-order valence-electron chi connectivity index (χ3n) is 1.32. The summed E-state index contributed by atoms with van der Waals surface area (Å²) >= 11 is 4.24. The van der Waals surface area contributed by atoms with Gasteiger partial charge in [-0.3, -0.25) is 27.1 Å². The first-order valence-corrected chi connectivity index (χ1v) is 13.0. The van der Waals surface area contributed by atoms with Crippen LogP contribution in [0.1, 0.15) is 29.7 Å². The van der Waals surface area contributed by atoms with Gasteiger partial charge in [-0.05, 0) is 0 Å². The molecule has 12 heteroatoms. The van der Waals surface area contributed by atoms with Gasteiger partial charge in [0.15, 0.2) is 6.79 Å². The maximum absolute atomic E-state index is 11.3. The van der Waals surface area contributed by atoms with Crippen LogP contribution in [0.5, 0.6) is 0 Å². The summed E-state index contributed by atoms with van der Waals surface area (Å²) in [5.41, 5.74) is 0. The molecule has 0 N–H and O–H groups in total. The lowest BCUT2D eigenvalue weighted by atomic mass is 11.6. The van der Waals surface area contributed by atoms with Gasteiger partial charge in [0.05, 0.1) is 0 Å². The SMILES string of the molecule is C.C.C.C.COP(=O)(OC)OCOP(=O)(OC)OC.II. The van der Waals surface area contributed by atoms with Crippen molar-refractivity contribution < 1.29 is 36.3 Å². The average Bonchev–Trinajstić information content (AvgIpc) is 2.40. The predicted octanol–water partition coefficient (Wildman–Crippen LogP) is 6.09. The number of rotatable bonds is 8. The van der Waals surface area contributed by atoms with Crippen LogP contribution in [0.2, 0.25) is 0 Å². The van der Waals surface area contributed by atoms with Crippen LogP contribution in [-0.4, -0.2) is 35.2 Å². The van der Waals surface area contributed by atoms with Crippen molar-refractivity contribution in [3.05, 3.63) is 0 Å². The van der Waals surface area contributed by atoms with Gasteiger partial charge >= 0.3 is 15.6 Å². The van der Waals surface area contributed by atoms with Crippen LogP contribution in [0.4, 0.5) is 0 Å². The normalized spacial score (nSPS) is 9.62. The van der Waals surface area contributed by atoms with Crippen LogP contribution in [0.3, 0.4) is 0 Å². The highest BCUT2D eigenvalue weighted by Crippen LogP contribution is 2.51. The van der Waals surface area contributed by atoms with Crippen LogP contribution in [0, 0.1) is 0 Å². The minimum Gasteiger partial charge on any atom is -0.290 e. The zero-order chi connectivity index (χ0) is 13.9. The molecule has 0 heterocycles. The molecule has 0 fully saturated rings. The van der Waals surface area contributed by atoms with E-state index in [-0.39, 0.29) is 29.7 Å². The Kier molecular flexibility index (Phi) is 39.6. The van der Waals surface area contributed by atoms with E-state index in [1.165, 1.54) is 0 Å². The van der Waals surface area contributed by atoms with Gasteiger partial charge in [-0.15, -0.1) is 0 Å². The molecule has 8 nitrogen and oxygen atoms in total. The molecule has 138 valence electrons. The third kappa shape index (κ3) is 17.9. The van der Waals surface area contributed by atoms with Crippen molar-refractivity contribution in [2.75, 3.05) is 35.2 Å². The van der Waals surface area contributed by atoms with Crippen LogP contribution in [0.25, 0.3) is 0 Å². The first-order valence-electron chi connectivity index (χ1n) is 3.81. The second-order valence-corrected chi connectivity index (χ2v) is 5.77. The number of phosphoric ester groups is 2. The molecule has 0 bridgehead atoms. The zero-order valence-corrected chi connectivity index (χ0v) is 15.7. The van der Waals surface area contributed by atoms with Crippen molar-refractivity contribution in [2.24, 2.45) is 0 Å². The van der Waals surface area contributed by atoms with Gasteiger partial charge in [0, 0.05) is 65.7 Å². The molecule has 0 saturated heterocycles. The number of phosphoric acid groups is 2. The molecule has 0 spiro atoms. The van der Waals surface area contributed by atoms with Crippen molar-refractivity contribution in [3.8, 4) is 0 Å². The molecular weight excluding hydrogens is 552 g/mol. The lowest BCUT2D eigenvalue weighted by molar-refractivity contribution is 0.0373. The van der Waals surface area contributed by atoms with Gasteiger partial charge in [0.2, 0.25) is 0 Å². The molecule has 0 aromatic rings. The van der Waals surface area contributed by atoms with Gasteiger partial charge in [-0.2, -0.15) is 0 Å². The Labute approximate surface area is 153 Å². The summed E-state index contributed by atoms with van der Waals surface area (Å²) in [7, 11) is -2.75. The molecule has 0 aliphatic rings. The van der Waals surface area contributed by atoms with E-state index in [9.17, 15) is 9.13 Å². The van der Waals surface area contributed by atoms with Gasteiger partial charge in [-0.1, -0.05) is 29.7 Å². The van der Waals surface area contributed by atoms with E-state index in [1.54, 1.807) is 0 Å². The third-order valence-corrected chi connectivity index (χ3v) is 3.95. The Morgan fingerprint density at radius 3 is 1.00 bits per heavy atom. The number of hydrogen-bond acceptors (Lipinski definition) is 8. The van der Waals surface area contributed by atoms with E-state index >= 15 is 0 Å². The van der Waals surface area contributed by atoms with Gasteiger partial charge in [0.25, 0.3) is 0 Å². The summed E-state index contributed by atoms with van der Waals surface area (Å²) < 4.78 is 49.5. The fourth-order valence-electron chi connectivity index (χ4n) is 0.513. The highest BCUT2D eigenvalue weighted by molar-refractivity contribution is 15.0. The first kappa shape index (κ1) is 38.3. The number of hydrogen-bond donors (Lipinski definition) is 0. The predicted molar refractivity (Wildman–Crippen MR) is 105 cm³/mol. The first-order chi connectivity index (χ1) is 7.95. The van der Waals surface area contributed by atoms with Gasteiger partial charge < -0.3 is 0 Å². The largest absolute Gasteiger partial charge is 0.476 e. The lowest BCUT2D eigenvalue weighted by Gasteiger charge is -2.16. The standard InChI is InChI=1S/C5H14O8P2.4CH4.I2/c1-8-14(6,9-2)12-5-13-15(7,10-3)11-4;;;;;1-2/h5H2,1-4H3;4*1H4;. The second-order valence-electron chi connectivity index (χ2n) is 2.00. The van der Waals surface area contributed by atoms with E-state index in [0.717, 1.165) is 28.4 Å². The summed E-state index contributed by atoms with van der Waals surface area (Å²) in [4.78, 5) is 0. The Bertz CT molecular complexity index is 238. The zero-order valence-electron chi connectivity index (χ0n) is 9.62. The van der Waals surface area contributed by atoms with Crippen LogP contribution in [0.15, 0.2) is 0 Å². The van der Waals surface area contributed by atoms with Crippen LogP contribution >= 0.6 is 52.9 Å². The Hall–Kier alpha value is 1.68. The fourth-order valence-corrected chi connectivity index (χ4v) is 1.68. The molecule has 21 heavy (non-hydrogen) atoms. The minimum absolute atomic E-state index is 0. The van der Waals surface area contributed by atoms with E-state index in [0.29, 0.717) is 0 Å². The maximum atomic E-state index is 11.3. The highest BCUT2D eigenvalue weighted by atomic mass is 128. The molecule has 0 aromatic carbocycles. The molecule has 0 amide bonds. The van der Waals surface area contributed by atoms with E-state index in [1.807, 2.05) is 0 Å². The quantitative estimate of drug-likeness (QED) is 0.193. The molecule has 0 rings (SSSR count).